The van der Waals surface area contributed by atoms with Crippen molar-refractivity contribution >= 4 is 50.9 Å². The number of fused-ring (bicyclic) bond motifs is 4. The van der Waals surface area contributed by atoms with E-state index >= 15 is 0 Å². The van der Waals surface area contributed by atoms with E-state index in [1.54, 1.807) is 0 Å². The quantitative estimate of drug-likeness (QED) is 0.179. The highest BCUT2D eigenvalue weighted by molar-refractivity contribution is 6.08. The van der Waals surface area contributed by atoms with Crippen LogP contribution in [0.5, 0.6) is 0 Å². The minimum Gasteiger partial charge on any atom is -0.309 e. The van der Waals surface area contributed by atoms with Crippen LogP contribution in [-0.2, 0) is 0 Å². The molecule has 3 heteroatoms. The van der Waals surface area contributed by atoms with E-state index in [9.17, 15) is 0 Å². The molecule has 0 fully saturated rings. The zero-order valence-corrected chi connectivity index (χ0v) is 29.7. The van der Waals surface area contributed by atoms with Gasteiger partial charge in [-0.25, -0.2) is 5.43 Å². The van der Waals surface area contributed by atoms with E-state index in [2.05, 4.69) is 228 Å². The van der Waals surface area contributed by atoms with Crippen LogP contribution < -0.4 is 10.3 Å². The molecule has 0 aromatic heterocycles. The Labute approximate surface area is 316 Å². The highest BCUT2D eigenvalue weighted by atomic mass is 15.6. The fourth-order valence-corrected chi connectivity index (χ4v) is 8.15. The van der Waals surface area contributed by atoms with Crippen LogP contribution >= 0.6 is 0 Å². The zero-order chi connectivity index (χ0) is 35.8. The average molecular weight is 692 g/mol. The first kappa shape index (κ1) is 31.8. The molecule has 2 aliphatic rings. The minimum absolute atomic E-state index is 0.0509. The third-order valence-corrected chi connectivity index (χ3v) is 10.7. The van der Waals surface area contributed by atoms with Crippen molar-refractivity contribution in [3.8, 4) is 11.1 Å². The molecule has 1 unspecified atom stereocenters. The molecule has 0 saturated heterocycles. The second-order valence-electron chi connectivity index (χ2n) is 13.8. The second kappa shape index (κ2) is 13.6. The molecular weight excluding hydrogens is 655 g/mol. The van der Waals surface area contributed by atoms with Crippen LogP contribution in [0.2, 0.25) is 0 Å². The molecule has 2 aliphatic heterocycles. The molecule has 0 saturated carbocycles. The van der Waals surface area contributed by atoms with Gasteiger partial charge in [0.05, 0.1) is 28.8 Å². The number of nitrogens with one attached hydrogen (secondary N) is 1. The highest BCUT2D eigenvalue weighted by Gasteiger charge is 2.39. The Hall–Kier alpha value is -6.94. The lowest BCUT2D eigenvalue weighted by atomic mass is 9.87. The fourth-order valence-electron chi connectivity index (χ4n) is 8.15. The summed E-state index contributed by atoms with van der Waals surface area (Å²) in [6.45, 7) is 0. The van der Waals surface area contributed by atoms with Gasteiger partial charge in [-0.3, -0.25) is 5.01 Å². The van der Waals surface area contributed by atoms with Crippen LogP contribution in [0.1, 0.15) is 33.9 Å². The summed E-state index contributed by atoms with van der Waals surface area (Å²) in [6, 6.07) is 74.1. The monoisotopic (exact) mass is 691 g/mol. The summed E-state index contributed by atoms with van der Waals surface area (Å²) < 4.78 is 0. The van der Waals surface area contributed by atoms with Gasteiger partial charge in [0.1, 0.15) is 0 Å². The molecule has 256 valence electrons. The number of hydrogen-bond donors (Lipinski definition) is 1. The molecule has 1 atom stereocenters. The number of nitrogens with zero attached hydrogens (tertiary/aromatic N) is 2. The fraction of sp³-hybridized carbons (Fsp3) is 0.0196. The maximum absolute atomic E-state index is 3.98. The molecule has 0 radical (unpaired) electrons. The molecule has 0 bridgehead atoms. The summed E-state index contributed by atoms with van der Waals surface area (Å²) in [5.74, 6) is 0. The second-order valence-corrected chi connectivity index (χ2v) is 13.8. The van der Waals surface area contributed by atoms with E-state index in [1.165, 1.54) is 55.4 Å². The van der Waals surface area contributed by atoms with Crippen LogP contribution in [0.4, 0.5) is 17.1 Å². The molecule has 2 heterocycles. The molecule has 1 N–H and O–H groups in total. The summed E-state index contributed by atoms with van der Waals surface area (Å²) in [5, 5.41) is 4.74. The predicted octanol–water partition coefficient (Wildman–Crippen LogP) is 12.9. The summed E-state index contributed by atoms with van der Waals surface area (Å²) in [6.07, 6.45) is 2.38. The molecule has 8 aromatic rings. The van der Waals surface area contributed by atoms with Gasteiger partial charge >= 0.3 is 0 Å². The first-order valence-electron chi connectivity index (χ1n) is 18.6. The lowest BCUT2D eigenvalue weighted by Gasteiger charge is -2.35. The number of benzene rings is 8. The smallest absolute Gasteiger partial charge is 0.0793 e. The maximum atomic E-state index is 3.98. The Kier molecular flexibility index (Phi) is 7.97. The Bertz CT molecular complexity index is 2660. The van der Waals surface area contributed by atoms with Crippen molar-refractivity contribution in [2.24, 2.45) is 0 Å². The molecule has 3 nitrogen and oxygen atoms in total. The van der Waals surface area contributed by atoms with Crippen LogP contribution in [-0.4, -0.2) is 5.01 Å². The van der Waals surface area contributed by atoms with Gasteiger partial charge in [-0.2, -0.15) is 0 Å². The van der Waals surface area contributed by atoms with Crippen LogP contribution in [0.25, 0.3) is 44.9 Å². The van der Waals surface area contributed by atoms with Crippen molar-refractivity contribution in [2.75, 3.05) is 4.90 Å². The molecule has 54 heavy (non-hydrogen) atoms. The van der Waals surface area contributed by atoms with Crippen LogP contribution in [0, 0.1) is 0 Å². The van der Waals surface area contributed by atoms with Gasteiger partial charge < -0.3 is 4.90 Å². The zero-order valence-electron chi connectivity index (χ0n) is 29.7. The largest absolute Gasteiger partial charge is 0.309 e. The number of hydrogen-bond acceptors (Lipinski definition) is 3. The van der Waals surface area contributed by atoms with E-state index in [0.717, 1.165) is 28.3 Å². The van der Waals surface area contributed by atoms with Gasteiger partial charge in [-0.15, -0.1) is 0 Å². The average Bonchev–Trinajstić information content (AvgIpc) is 3.66. The summed E-state index contributed by atoms with van der Waals surface area (Å²) in [5.41, 5.74) is 19.2. The third kappa shape index (κ3) is 5.50. The molecule has 0 amide bonds. The van der Waals surface area contributed by atoms with Gasteiger partial charge in [0.25, 0.3) is 0 Å². The number of rotatable bonds is 7. The van der Waals surface area contributed by atoms with E-state index in [-0.39, 0.29) is 6.04 Å². The molecule has 10 rings (SSSR count). The Morgan fingerprint density at radius 1 is 0.444 bits per heavy atom. The van der Waals surface area contributed by atoms with Crippen molar-refractivity contribution < 1.29 is 0 Å². The van der Waals surface area contributed by atoms with Gasteiger partial charge in [0, 0.05) is 27.8 Å². The topological polar surface area (TPSA) is 18.5 Å². The Morgan fingerprint density at radius 2 is 1.00 bits per heavy atom. The summed E-state index contributed by atoms with van der Waals surface area (Å²) in [4.78, 5) is 2.45. The van der Waals surface area contributed by atoms with Crippen molar-refractivity contribution in [1.82, 2.24) is 10.4 Å². The molecule has 0 spiro atoms. The Morgan fingerprint density at radius 3 is 1.72 bits per heavy atom. The van der Waals surface area contributed by atoms with Gasteiger partial charge in [0.2, 0.25) is 0 Å². The van der Waals surface area contributed by atoms with Crippen molar-refractivity contribution in [2.45, 2.75) is 6.04 Å². The van der Waals surface area contributed by atoms with Crippen LogP contribution in [0.3, 0.4) is 0 Å². The van der Waals surface area contributed by atoms with E-state index in [0.29, 0.717) is 0 Å². The normalized spacial score (nSPS) is 14.8. The first-order valence-corrected chi connectivity index (χ1v) is 18.6. The first-order chi connectivity index (χ1) is 26.8. The molecule has 8 aromatic carbocycles. The van der Waals surface area contributed by atoms with Gasteiger partial charge in [-0.1, -0.05) is 182 Å². The standard InChI is InChI=1S/C51H37N3/c1-5-17-36(18-6-1)37-31-33-42(34-32-37)53(46-29-15-26-38-19-13-14-27-43(38)46)47-30-16-28-44-45(47)35-48(39-20-7-2-8-21-39)54-51(44)49(40-22-9-3-10-23-40)50(52-54)41-24-11-4-12-25-41/h1-35,50,52H. The summed E-state index contributed by atoms with van der Waals surface area (Å²) >= 11 is 0. The maximum Gasteiger partial charge on any atom is 0.0793 e. The number of anilines is 3. The minimum atomic E-state index is -0.0509. The van der Waals surface area contributed by atoms with Gasteiger partial charge in [-0.05, 0) is 63.5 Å². The SMILES string of the molecule is C1=C(c2ccccc2)N2NC(c3ccccc3)C(c3ccccc3)=C2c2cccc(N(c3ccc(-c4ccccc4)cc3)c3cccc4ccccc34)c21. The molecule has 0 aliphatic carbocycles. The Balaban J connectivity index is 1.25. The predicted molar refractivity (Wildman–Crippen MR) is 226 cm³/mol. The van der Waals surface area contributed by atoms with Crippen LogP contribution in [0.15, 0.2) is 206 Å². The van der Waals surface area contributed by atoms with Crippen molar-refractivity contribution in [1.29, 1.82) is 0 Å². The number of hydrazine groups is 1. The van der Waals surface area contributed by atoms with E-state index < -0.39 is 0 Å². The van der Waals surface area contributed by atoms with E-state index in [1.807, 2.05) is 0 Å². The molecular formula is C51H37N3. The lowest BCUT2D eigenvalue weighted by Crippen LogP contribution is -2.33. The lowest BCUT2D eigenvalue weighted by molar-refractivity contribution is 0.405. The van der Waals surface area contributed by atoms with E-state index in [4.69, 9.17) is 0 Å². The van der Waals surface area contributed by atoms with Gasteiger partial charge in [0.15, 0.2) is 0 Å². The van der Waals surface area contributed by atoms with Crippen molar-refractivity contribution in [3.05, 3.63) is 234 Å². The van der Waals surface area contributed by atoms with Crippen molar-refractivity contribution in [3.63, 3.8) is 0 Å². The third-order valence-electron chi connectivity index (χ3n) is 10.7. The highest BCUT2D eigenvalue weighted by Crippen LogP contribution is 2.52. The summed E-state index contributed by atoms with van der Waals surface area (Å²) in [7, 11) is 0.